The Hall–Kier alpha value is -2.87. The zero-order chi connectivity index (χ0) is 22.1. The predicted molar refractivity (Wildman–Crippen MR) is 114 cm³/mol. The zero-order valence-electron chi connectivity index (χ0n) is 18.0. The predicted octanol–water partition coefficient (Wildman–Crippen LogP) is 1.96. The first kappa shape index (κ1) is 23.4. The van der Waals surface area contributed by atoms with Gasteiger partial charge >= 0.3 is 6.09 Å². The minimum atomic E-state index is -0.591. The van der Waals surface area contributed by atoms with E-state index in [1.54, 1.807) is 38.7 Å². The van der Waals surface area contributed by atoms with E-state index in [1.807, 2.05) is 30.3 Å². The van der Waals surface area contributed by atoms with E-state index in [0.29, 0.717) is 19.7 Å². The van der Waals surface area contributed by atoms with Crippen molar-refractivity contribution in [3.05, 3.63) is 42.0 Å². The molecular formula is C22H31N3O5. The summed E-state index contributed by atoms with van der Waals surface area (Å²) in [4.78, 5) is 38.0. The molecule has 0 aromatic heterocycles. The third-order valence-electron chi connectivity index (χ3n) is 4.39. The summed E-state index contributed by atoms with van der Waals surface area (Å²) in [6.07, 6.45) is 2.20. The standard InChI is InChI=1S/C22H31N3O5/c1-16(24-21(28)30-22(2,3)4)18-15-25(12-13-29-18)20(27)14-23-19(26)11-10-17-8-6-5-7-9-17/h5-11,16,18H,12-15H2,1-4H3,(H,23,26)(H,24,28). The topological polar surface area (TPSA) is 97.0 Å². The van der Waals surface area contributed by atoms with Gasteiger partial charge in [0, 0.05) is 19.2 Å². The number of hydrogen-bond acceptors (Lipinski definition) is 5. The van der Waals surface area contributed by atoms with Gasteiger partial charge in [-0.25, -0.2) is 4.79 Å². The number of nitrogens with one attached hydrogen (secondary N) is 2. The van der Waals surface area contributed by atoms with Crippen LogP contribution in [0.5, 0.6) is 0 Å². The Morgan fingerprint density at radius 3 is 2.63 bits per heavy atom. The summed E-state index contributed by atoms with van der Waals surface area (Å²) in [5, 5.41) is 5.35. The second-order valence-corrected chi connectivity index (χ2v) is 8.15. The molecule has 2 rings (SSSR count). The number of amides is 3. The molecule has 2 N–H and O–H groups in total. The molecule has 1 aromatic rings. The van der Waals surface area contributed by atoms with E-state index in [4.69, 9.17) is 9.47 Å². The van der Waals surface area contributed by atoms with Gasteiger partial charge in [-0.05, 0) is 39.3 Å². The molecule has 0 aliphatic carbocycles. The van der Waals surface area contributed by atoms with Gasteiger partial charge in [-0.3, -0.25) is 9.59 Å². The third-order valence-corrected chi connectivity index (χ3v) is 4.39. The van der Waals surface area contributed by atoms with Crippen molar-refractivity contribution in [2.24, 2.45) is 0 Å². The second kappa shape index (κ2) is 10.8. The molecule has 0 spiro atoms. The van der Waals surface area contributed by atoms with E-state index in [1.165, 1.54) is 6.08 Å². The monoisotopic (exact) mass is 417 g/mol. The molecule has 2 unspecified atom stereocenters. The van der Waals surface area contributed by atoms with Crippen LogP contribution in [0.25, 0.3) is 6.08 Å². The van der Waals surface area contributed by atoms with Crippen LogP contribution >= 0.6 is 0 Å². The summed E-state index contributed by atoms with van der Waals surface area (Å²) in [5.74, 6) is -0.536. The highest BCUT2D eigenvalue weighted by Gasteiger charge is 2.30. The minimum absolute atomic E-state index is 0.0987. The molecule has 2 atom stereocenters. The van der Waals surface area contributed by atoms with Crippen LogP contribution in [0.2, 0.25) is 0 Å². The van der Waals surface area contributed by atoms with Crippen LogP contribution in [0.1, 0.15) is 33.3 Å². The highest BCUT2D eigenvalue weighted by Crippen LogP contribution is 2.11. The van der Waals surface area contributed by atoms with Crippen LogP contribution < -0.4 is 10.6 Å². The summed E-state index contributed by atoms with van der Waals surface area (Å²) in [6.45, 7) is 8.19. The molecule has 1 saturated heterocycles. The van der Waals surface area contributed by atoms with Crippen molar-refractivity contribution in [3.8, 4) is 0 Å². The average molecular weight is 418 g/mol. The maximum atomic E-state index is 12.5. The largest absolute Gasteiger partial charge is 0.444 e. The Bertz CT molecular complexity index is 758. The van der Waals surface area contributed by atoms with Crippen molar-refractivity contribution in [2.45, 2.75) is 45.4 Å². The number of carbonyl (C=O) groups excluding carboxylic acids is 3. The normalized spacial score (nSPS) is 18.0. The average Bonchev–Trinajstić information content (AvgIpc) is 2.69. The van der Waals surface area contributed by atoms with Gasteiger partial charge in [0.15, 0.2) is 0 Å². The van der Waals surface area contributed by atoms with Crippen molar-refractivity contribution >= 4 is 24.0 Å². The highest BCUT2D eigenvalue weighted by atomic mass is 16.6. The van der Waals surface area contributed by atoms with Crippen LogP contribution in [-0.2, 0) is 19.1 Å². The lowest BCUT2D eigenvalue weighted by molar-refractivity contribution is -0.139. The van der Waals surface area contributed by atoms with E-state index < -0.39 is 11.7 Å². The van der Waals surface area contributed by atoms with Crippen molar-refractivity contribution in [2.75, 3.05) is 26.2 Å². The lowest BCUT2D eigenvalue weighted by Crippen LogP contribution is -2.55. The van der Waals surface area contributed by atoms with Crippen LogP contribution in [0.15, 0.2) is 36.4 Å². The molecule has 1 aromatic carbocycles. The maximum Gasteiger partial charge on any atom is 0.407 e. The molecule has 3 amide bonds. The number of carbonyl (C=O) groups is 3. The molecule has 0 saturated carbocycles. The van der Waals surface area contributed by atoms with Gasteiger partial charge in [0.1, 0.15) is 5.60 Å². The first-order chi connectivity index (χ1) is 14.1. The minimum Gasteiger partial charge on any atom is -0.444 e. The lowest BCUT2D eigenvalue weighted by atomic mass is 10.1. The summed E-state index contributed by atoms with van der Waals surface area (Å²) in [7, 11) is 0. The van der Waals surface area contributed by atoms with E-state index in [2.05, 4.69) is 10.6 Å². The fourth-order valence-electron chi connectivity index (χ4n) is 2.86. The smallest absolute Gasteiger partial charge is 0.407 e. The van der Waals surface area contributed by atoms with Gasteiger partial charge in [0.2, 0.25) is 11.8 Å². The van der Waals surface area contributed by atoms with Gasteiger partial charge in [-0.2, -0.15) is 0 Å². The number of rotatable bonds is 6. The van der Waals surface area contributed by atoms with Crippen LogP contribution in [0.3, 0.4) is 0 Å². The first-order valence-corrected chi connectivity index (χ1v) is 10.0. The molecule has 1 aliphatic heterocycles. The van der Waals surface area contributed by atoms with Gasteiger partial charge in [0.05, 0.1) is 25.3 Å². The fraction of sp³-hybridized carbons (Fsp3) is 0.500. The maximum absolute atomic E-state index is 12.5. The molecule has 8 heteroatoms. The molecule has 30 heavy (non-hydrogen) atoms. The Morgan fingerprint density at radius 1 is 1.27 bits per heavy atom. The van der Waals surface area contributed by atoms with Crippen LogP contribution in [0.4, 0.5) is 4.79 Å². The fourth-order valence-corrected chi connectivity index (χ4v) is 2.86. The summed E-state index contributed by atoms with van der Waals surface area (Å²) in [6, 6.07) is 9.10. The van der Waals surface area contributed by atoms with E-state index in [-0.39, 0.29) is 30.5 Å². The van der Waals surface area contributed by atoms with Crippen molar-refractivity contribution in [3.63, 3.8) is 0 Å². The van der Waals surface area contributed by atoms with Crippen molar-refractivity contribution < 1.29 is 23.9 Å². The first-order valence-electron chi connectivity index (χ1n) is 10.0. The molecule has 1 heterocycles. The number of benzene rings is 1. The quantitative estimate of drug-likeness (QED) is 0.690. The Balaban J connectivity index is 1.78. The number of hydrogen-bond donors (Lipinski definition) is 2. The highest BCUT2D eigenvalue weighted by molar-refractivity contribution is 5.94. The van der Waals surface area contributed by atoms with Gasteiger partial charge in [-0.1, -0.05) is 30.3 Å². The third kappa shape index (κ3) is 8.24. The summed E-state index contributed by atoms with van der Waals surface area (Å²) in [5.41, 5.74) is 0.313. The lowest BCUT2D eigenvalue weighted by Gasteiger charge is -2.36. The van der Waals surface area contributed by atoms with Gasteiger partial charge in [-0.15, -0.1) is 0 Å². The SMILES string of the molecule is CC(NC(=O)OC(C)(C)C)C1CN(C(=O)CNC(=O)C=Cc2ccccc2)CCO1. The van der Waals surface area contributed by atoms with E-state index in [9.17, 15) is 14.4 Å². The Morgan fingerprint density at radius 2 is 1.97 bits per heavy atom. The number of ether oxygens (including phenoxy) is 2. The molecule has 8 nitrogen and oxygen atoms in total. The number of morpholine rings is 1. The number of nitrogens with zero attached hydrogens (tertiary/aromatic N) is 1. The van der Waals surface area contributed by atoms with Crippen LogP contribution in [0, 0.1) is 0 Å². The van der Waals surface area contributed by atoms with Gasteiger partial charge in [0.25, 0.3) is 0 Å². The summed E-state index contributed by atoms with van der Waals surface area (Å²) < 4.78 is 11.0. The zero-order valence-corrected chi connectivity index (χ0v) is 18.0. The molecule has 0 bridgehead atoms. The van der Waals surface area contributed by atoms with Gasteiger partial charge < -0.3 is 25.0 Å². The Kier molecular flexibility index (Phi) is 8.41. The molecule has 1 aliphatic rings. The van der Waals surface area contributed by atoms with E-state index in [0.717, 1.165) is 5.56 Å². The van der Waals surface area contributed by atoms with Crippen molar-refractivity contribution in [1.82, 2.24) is 15.5 Å². The molecule has 1 fully saturated rings. The summed E-state index contributed by atoms with van der Waals surface area (Å²) >= 11 is 0. The second-order valence-electron chi connectivity index (χ2n) is 8.15. The molecule has 0 radical (unpaired) electrons. The van der Waals surface area contributed by atoms with Crippen LogP contribution in [-0.4, -0.2) is 66.8 Å². The Labute approximate surface area is 177 Å². The van der Waals surface area contributed by atoms with Crippen molar-refractivity contribution in [1.29, 1.82) is 0 Å². The van der Waals surface area contributed by atoms with E-state index >= 15 is 0 Å². The molecule has 164 valence electrons. The molecular weight excluding hydrogens is 386 g/mol. The number of alkyl carbamates (subject to hydrolysis) is 1.